The van der Waals surface area contributed by atoms with Gasteiger partial charge in [-0.2, -0.15) is 0 Å². The predicted octanol–water partition coefficient (Wildman–Crippen LogP) is 5.28. The molecule has 158 valence electrons. The van der Waals surface area contributed by atoms with E-state index in [1.54, 1.807) is 6.26 Å². The fourth-order valence-corrected chi connectivity index (χ4v) is 3.45. The second-order valence-corrected chi connectivity index (χ2v) is 11.0. The van der Waals surface area contributed by atoms with Gasteiger partial charge in [0.1, 0.15) is 5.75 Å². The molecule has 0 aromatic heterocycles. The van der Waals surface area contributed by atoms with Crippen LogP contribution in [0.1, 0.15) is 55.4 Å². The van der Waals surface area contributed by atoms with Crippen molar-refractivity contribution in [3.05, 3.63) is 39.6 Å². The van der Waals surface area contributed by atoms with Gasteiger partial charge in [0.05, 0.1) is 28.7 Å². The van der Waals surface area contributed by atoms with E-state index < -0.39 is 36.6 Å². The lowest BCUT2D eigenvalue weighted by Crippen LogP contribution is -2.41. The number of benzene rings is 1. The van der Waals surface area contributed by atoms with Crippen LogP contribution in [0.5, 0.6) is 5.75 Å². The molecule has 2 fully saturated rings. The molecule has 0 atom stereocenters. The molecule has 0 radical (unpaired) electrons. The first kappa shape index (κ1) is 23.1. The Morgan fingerprint density at radius 3 is 1.76 bits per heavy atom. The maximum Gasteiger partial charge on any atom is 0.493 e. The highest BCUT2D eigenvalue weighted by Gasteiger charge is 2.55. The van der Waals surface area contributed by atoms with Crippen LogP contribution >= 0.6 is 22.6 Å². The number of halogens is 1. The van der Waals surface area contributed by atoms with Crippen molar-refractivity contribution < 1.29 is 23.4 Å². The van der Waals surface area contributed by atoms with Gasteiger partial charge < -0.3 is 23.4 Å². The summed E-state index contributed by atoms with van der Waals surface area (Å²) in [6.07, 6.45) is 2.21. The summed E-state index contributed by atoms with van der Waals surface area (Å²) in [5.41, 5.74) is -0.808. The third kappa shape index (κ3) is 4.87. The van der Waals surface area contributed by atoms with Gasteiger partial charge >= 0.3 is 14.2 Å². The van der Waals surface area contributed by atoms with Crippen molar-refractivity contribution in [2.45, 2.75) is 84.1 Å². The predicted molar refractivity (Wildman–Crippen MR) is 125 cm³/mol. The molecule has 5 nitrogen and oxygen atoms in total. The normalized spacial score (nSPS) is 24.8. The first-order valence-electron chi connectivity index (χ1n) is 10.0. The van der Waals surface area contributed by atoms with Gasteiger partial charge in [0.15, 0.2) is 0 Å². The van der Waals surface area contributed by atoms with Gasteiger partial charge in [-0.3, -0.25) is 0 Å². The first-order valence-corrected chi connectivity index (χ1v) is 11.1. The molecular formula is C21H31B2IO5. The average molecular weight is 512 g/mol. The highest BCUT2D eigenvalue weighted by atomic mass is 127. The summed E-state index contributed by atoms with van der Waals surface area (Å²) in [7, 11) is -0.923. The molecule has 0 N–H and O–H groups in total. The van der Waals surface area contributed by atoms with E-state index in [1.807, 2.05) is 79.7 Å². The molecule has 3 rings (SSSR count). The van der Waals surface area contributed by atoms with Crippen LogP contribution in [0.4, 0.5) is 0 Å². The zero-order chi connectivity index (χ0) is 21.7. The zero-order valence-electron chi connectivity index (χ0n) is 18.7. The number of rotatable bonds is 5. The second-order valence-electron chi connectivity index (χ2n) is 9.74. The molecule has 0 aliphatic carbocycles. The lowest BCUT2D eigenvalue weighted by Gasteiger charge is -2.32. The van der Waals surface area contributed by atoms with Crippen molar-refractivity contribution in [3.8, 4) is 5.75 Å². The van der Waals surface area contributed by atoms with Crippen molar-refractivity contribution >= 4 is 36.8 Å². The Labute approximate surface area is 189 Å². The Morgan fingerprint density at radius 1 is 0.828 bits per heavy atom. The molecular weight excluding hydrogens is 481 g/mol. The summed E-state index contributed by atoms with van der Waals surface area (Å²) in [4.78, 5) is 0. The van der Waals surface area contributed by atoms with Gasteiger partial charge in [0.2, 0.25) is 0 Å². The van der Waals surface area contributed by atoms with Crippen LogP contribution in [0.25, 0.3) is 0 Å². The molecule has 1 aromatic rings. The fourth-order valence-electron chi connectivity index (χ4n) is 3.09. The van der Waals surface area contributed by atoms with Crippen LogP contribution in [-0.4, -0.2) is 36.6 Å². The van der Waals surface area contributed by atoms with Crippen molar-refractivity contribution in [1.82, 2.24) is 0 Å². The summed E-state index contributed by atoms with van der Waals surface area (Å²) < 4.78 is 32.0. The van der Waals surface area contributed by atoms with Crippen LogP contribution in [0.3, 0.4) is 0 Å². The number of hydrogen-bond donors (Lipinski definition) is 0. The van der Waals surface area contributed by atoms with E-state index in [9.17, 15) is 0 Å². The van der Waals surface area contributed by atoms with Crippen molar-refractivity contribution in [2.24, 2.45) is 0 Å². The Balaban J connectivity index is 1.82. The third-order valence-corrected chi connectivity index (χ3v) is 7.14. The fraction of sp³-hybridized carbons (Fsp3) is 0.619. The van der Waals surface area contributed by atoms with Crippen molar-refractivity contribution in [3.63, 3.8) is 0 Å². The molecule has 2 aliphatic rings. The summed E-state index contributed by atoms with van der Waals surface area (Å²) >= 11 is 2.27. The van der Waals surface area contributed by atoms with Crippen LogP contribution in [0.2, 0.25) is 6.32 Å². The molecule has 8 heteroatoms. The van der Waals surface area contributed by atoms with E-state index in [2.05, 4.69) is 22.6 Å². The summed E-state index contributed by atoms with van der Waals surface area (Å²) in [5.74, 6) is 0.758. The highest BCUT2D eigenvalue weighted by molar-refractivity contribution is 14.1. The lowest BCUT2D eigenvalue weighted by molar-refractivity contribution is 0.00578. The second kappa shape index (κ2) is 7.86. The molecule has 2 aliphatic heterocycles. The Hall–Kier alpha value is -0.540. The molecule has 0 unspecified atom stereocenters. The van der Waals surface area contributed by atoms with E-state index in [4.69, 9.17) is 23.4 Å². The zero-order valence-corrected chi connectivity index (χ0v) is 20.8. The number of allylic oxidation sites excluding steroid dienone is 1. The van der Waals surface area contributed by atoms with Gasteiger partial charge in [0.25, 0.3) is 0 Å². The van der Waals surface area contributed by atoms with E-state index in [0.717, 1.165) is 14.8 Å². The third-order valence-electron chi connectivity index (χ3n) is 6.42. The average Bonchev–Trinajstić information content (AvgIpc) is 2.92. The van der Waals surface area contributed by atoms with Crippen LogP contribution < -0.4 is 4.74 Å². The van der Waals surface area contributed by atoms with E-state index >= 15 is 0 Å². The Morgan fingerprint density at radius 2 is 1.28 bits per heavy atom. The first-order chi connectivity index (χ1) is 13.2. The van der Waals surface area contributed by atoms with Gasteiger partial charge in [-0.1, -0.05) is 0 Å². The van der Waals surface area contributed by atoms with Crippen LogP contribution in [0, 0.1) is 3.57 Å². The van der Waals surface area contributed by atoms with Crippen LogP contribution in [0.15, 0.2) is 36.0 Å². The standard InChI is InChI=1S/C21H31B2IO5/c1-18(2)19(3,4)27-22(26-18)13-15(14-25-17-11-9-16(24)10-12-17)23-28-20(5,6)21(7,8)29-23/h9-12,14H,13H2,1-8H3/b15-14+. The molecule has 29 heavy (non-hydrogen) atoms. The minimum Gasteiger partial charge on any atom is -0.466 e. The highest BCUT2D eigenvalue weighted by Crippen LogP contribution is 2.42. The summed E-state index contributed by atoms with van der Waals surface area (Å²) in [5, 5.41) is 0. The van der Waals surface area contributed by atoms with Crippen LogP contribution in [-0.2, 0) is 18.6 Å². The molecule has 0 amide bonds. The molecule has 2 heterocycles. The SMILES string of the molecule is CC1(C)OB(C/C(=C\Oc2ccc(I)cc2)B2OC(C)(C)C(C)(C)O2)OC1(C)C. The van der Waals surface area contributed by atoms with E-state index in [-0.39, 0.29) is 0 Å². The van der Waals surface area contributed by atoms with Gasteiger partial charge in [-0.15, -0.1) is 0 Å². The summed E-state index contributed by atoms with van der Waals surface area (Å²) in [6, 6.07) is 7.89. The van der Waals surface area contributed by atoms with Crippen molar-refractivity contribution in [1.29, 1.82) is 0 Å². The van der Waals surface area contributed by atoms with Gasteiger partial charge in [0, 0.05) is 9.89 Å². The molecule has 0 saturated carbocycles. The Kier molecular flexibility index (Phi) is 6.27. The molecule has 2 saturated heterocycles. The molecule has 0 spiro atoms. The molecule has 0 bridgehead atoms. The lowest BCUT2D eigenvalue weighted by atomic mass is 9.66. The minimum absolute atomic E-state index is 0.393. The Bertz CT molecular complexity index is 742. The van der Waals surface area contributed by atoms with E-state index in [0.29, 0.717) is 6.32 Å². The van der Waals surface area contributed by atoms with Gasteiger partial charge in [-0.25, -0.2) is 0 Å². The van der Waals surface area contributed by atoms with E-state index in [1.165, 1.54) is 0 Å². The van der Waals surface area contributed by atoms with Gasteiger partial charge in [-0.05, 0) is 108 Å². The van der Waals surface area contributed by atoms with Crippen molar-refractivity contribution in [2.75, 3.05) is 0 Å². The maximum atomic E-state index is 6.27. The number of hydrogen-bond acceptors (Lipinski definition) is 5. The summed E-state index contributed by atoms with van der Waals surface area (Å²) in [6.45, 7) is 16.4. The minimum atomic E-state index is -0.525. The largest absolute Gasteiger partial charge is 0.493 e. The topological polar surface area (TPSA) is 46.2 Å². The number of ether oxygens (including phenoxy) is 1. The monoisotopic (exact) mass is 512 g/mol. The smallest absolute Gasteiger partial charge is 0.466 e. The molecule has 1 aromatic carbocycles. The maximum absolute atomic E-state index is 6.27. The quantitative estimate of drug-likeness (QED) is 0.306.